The van der Waals surface area contributed by atoms with Crippen LogP contribution in [0, 0.1) is 23.7 Å². The Hall–Kier alpha value is -1.30. The average molecular weight is 180 g/mol. The van der Waals surface area contributed by atoms with Crippen LogP contribution in [0.25, 0.3) is 0 Å². The third-order valence-corrected chi connectivity index (χ3v) is 2.27. The summed E-state index contributed by atoms with van der Waals surface area (Å²) in [5.74, 6) is 5.76. The molecule has 0 spiro atoms. The number of carbonyl (C=O) groups is 2. The number of carbonyl (C=O) groups excluding carboxylic acids is 2. The van der Waals surface area contributed by atoms with Crippen molar-refractivity contribution in [1.29, 1.82) is 0 Å². The van der Waals surface area contributed by atoms with E-state index in [1.807, 2.05) is 0 Å². The summed E-state index contributed by atoms with van der Waals surface area (Å²) < 4.78 is 4.54. The molecule has 1 aliphatic carbocycles. The first kappa shape index (κ1) is 9.79. The highest BCUT2D eigenvalue weighted by Gasteiger charge is 2.29. The fraction of sp³-hybridized carbons (Fsp3) is 0.600. The van der Waals surface area contributed by atoms with Crippen LogP contribution in [-0.2, 0) is 14.3 Å². The van der Waals surface area contributed by atoms with Crippen LogP contribution >= 0.6 is 0 Å². The summed E-state index contributed by atoms with van der Waals surface area (Å²) in [6, 6.07) is 0. The summed E-state index contributed by atoms with van der Waals surface area (Å²) in [6.07, 6.45) is 2.91. The lowest BCUT2D eigenvalue weighted by Gasteiger charge is -2.30. The van der Waals surface area contributed by atoms with Gasteiger partial charge in [0.2, 0.25) is 0 Å². The second-order valence-electron chi connectivity index (χ2n) is 3.22. The summed E-state index contributed by atoms with van der Waals surface area (Å²) in [6.45, 7) is 0. The SMILES string of the molecule is COC(=O)CC1CC(C#CC=O)C1. The number of rotatable bonds is 2. The number of hydrogen-bond acceptors (Lipinski definition) is 3. The van der Waals surface area contributed by atoms with E-state index in [-0.39, 0.29) is 5.97 Å². The first-order valence-corrected chi connectivity index (χ1v) is 4.27. The Morgan fingerprint density at radius 1 is 1.62 bits per heavy atom. The van der Waals surface area contributed by atoms with Gasteiger partial charge < -0.3 is 4.74 Å². The van der Waals surface area contributed by atoms with Crippen molar-refractivity contribution in [1.82, 2.24) is 0 Å². The van der Waals surface area contributed by atoms with Crippen molar-refractivity contribution in [3.8, 4) is 11.8 Å². The third kappa shape index (κ3) is 2.90. The molecule has 0 radical (unpaired) electrons. The zero-order chi connectivity index (χ0) is 9.68. The van der Waals surface area contributed by atoms with Crippen molar-refractivity contribution in [2.75, 3.05) is 7.11 Å². The van der Waals surface area contributed by atoms with Crippen LogP contribution in [0.2, 0.25) is 0 Å². The van der Waals surface area contributed by atoms with E-state index in [9.17, 15) is 9.59 Å². The lowest BCUT2D eigenvalue weighted by molar-refractivity contribution is -0.142. The topological polar surface area (TPSA) is 43.4 Å². The highest BCUT2D eigenvalue weighted by molar-refractivity contribution is 5.72. The molecule has 1 saturated carbocycles. The number of ether oxygens (including phenoxy) is 1. The molecule has 0 N–H and O–H groups in total. The average Bonchev–Trinajstić information content (AvgIpc) is 2.08. The van der Waals surface area contributed by atoms with Crippen LogP contribution in [0.1, 0.15) is 19.3 Å². The molecule has 0 atom stereocenters. The fourth-order valence-corrected chi connectivity index (χ4v) is 1.49. The second-order valence-corrected chi connectivity index (χ2v) is 3.22. The van der Waals surface area contributed by atoms with Gasteiger partial charge >= 0.3 is 5.97 Å². The molecule has 0 unspecified atom stereocenters. The van der Waals surface area contributed by atoms with E-state index in [4.69, 9.17) is 0 Å². The maximum Gasteiger partial charge on any atom is 0.305 e. The molecule has 1 fully saturated rings. The van der Waals surface area contributed by atoms with Gasteiger partial charge in [0, 0.05) is 12.3 Å². The number of esters is 1. The van der Waals surface area contributed by atoms with Crippen LogP contribution in [-0.4, -0.2) is 19.4 Å². The van der Waals surface area contributed by atoms with Gasteiger partial charge in [-0.3, -0.25) is 9.59 Å². The Morgan fingerprint density at radius 3 is 2.85 bits per heavy atom. The zero-order valence-corrected chi connectivity index (χ0v) is 7.58. The number of aldehydes is 1. The van der Waals surface area contributed by atoms with Gasteiger partial charge in [-0.05, 0) is 24.7 Å². The standard InChI is InChI=1S/C10H12O3/c1-13-10(12)7-9-5-8(6-9)3-2-4-11/h4,8-9H,5-7H2,1H3. The van der Waals surface area contributed by atoms with Crippen molar-refractivity contribution in [2.24, 2.45) is 11.8 Å². The lowest BCUT2D eigenvalue weighted by atomic mass is 9.74. The quantitative estimate of drug-likeness (QED) is 0.358. The Kier molecular flexibility index (Phi) is 3.51. The van der Waals surface area contributed by atoms with Crippen molar-refractivity contribution < 1.29 is 14.3 Å². The smallest absolute Gasteiger partial charge is 0.305 e. The van der Waals surface area contributed by atoms with Crippen LogP contribution in [0.3, 0.4) is 0 Å². The maximum atomic E-state index is 10.8. The van der Waals surface area contributed by atoms with Crippen molar-refractivity contribution in [3.63, 3.8) is 0 Å². The van der Waals surface area contributed by atoms with Gasteiger partial charge in [0.05, 0.1) is 7.11 Å². The molecular formula is C10H12O3. The molecule has 0 heterocycles. The molecule has 0 amide bonds. The highest BCUT2D eigenvalue weighted by atomic mass is 16.5. The van der Waals surface area contributed by atoms with E-state index < -0.39 is 0 Å². The van der Waals surface area contributed by atoms with E-state index in [2.05, 4.69) is 16.6 Å². The summed E-state index contributed by atoms with van der Waals surface area (Å²) in [4.78, 5) is 20.7. The summed E-state index contributed by atoms with van der Waals surface area (Å²) in [5, 5.41) is 0. The van der Waals surface area contributed by atoms with Gasteiger partial charge in [0.25, 0.3) is 0 Å². The largest absolute Gasteiger partial charge is 0.469 e. The molecular weight excluding hydrogens is 168 g/mol. The van der Waals surface area contributed by atoms with E-state index in [1.54, 1.807) is 0 Å². The minimum absolute atomic E-state index is 0.160. The van der Waals surface area contributed by atoms with Crippen LogP contribution in [0.4, 0.5) is 0 Å². The lowest BCUT2D eigenvalue weighted by Crippen LogP contribution is -2.25. The molecule has 0 aromatic heterocycles. The summed E-state index contributed by atoms with van der Waals surface area (Å²) in [7, 11) is 1.39. The van der Waals surface area contributed by atoms with Gasteiger partial charge in [0.1, 0.15) is 0 Å². The molecule has 0 saturated heterocycles. The molecule has 0 aromatic carbocycles. The molecule has 1 rings (SSSR count). The minimum atomic E-state index is -0.160. The molecule has 0 aromatic rings. The molecule has 0 aliphatic heterocycles. The van der Waals surface area contributed by atoms with Gasteiger partial charge in [-0.2, -0.15) is 0 Å². The van der Waals surface area contributed by atoms with Crippen LogP contribution < -0.4 is 0 Å². The highest BCUT2D eigenvalue weighted by Crippen LogP contribution is 2.35. The minimum Gasteiger partial charge on any atom is -0.469 e. The Morgan fingerprint density at radius 2 is 2.31 bits per heavy atom. The molecule has 1 aliphatic rings. The summed E-state index contributed by atoms with van der Waals surface area (Å²) in [5.41, 5.74) is 0. The number of methoxy groups -OCH3 is 1. The van der Waals surface area contributed by atoms with E-state index in [0.29, 0.717) is 24.5 Å². The first-order chi connectivity index (χ1) is 6.26. The zero-order valence-electron chi connectivity index (χ0n) is 7.58. The first-order valence-electron chi connectivity index (χ1n) is 4.27. The molecule has 3 nitrogen and oxygen atoms in total. The summed E-state index contributed by atoms with van der Waals surface area (Å²) >= 11 is 0. The third-order valence-electron chi connectivity index (χ3n) is 2.27. The molecule has 3 heteroatoms. The van der Waals surface area contributed by atoms with Gasteiger partial charge in [-0.1, -0.05) is 5.92 Å². The normalized spacial score (nSPS) is 25.0. The Bertz CT molecular complexity index is 253. The van der Waals surface area contributed by atoms with Gasteiger partial charge in [0.15, 0.2) is 6.29 Å². The predicted octanol–water partition coefficient (Wildman–Crippen LogP) is 0.778. The van der Waals surface area contributed by atoms with Crippen molar-refractivity contribution in [2.45, 2.75) is 19.3 Å². The monoisotopic (exact) mass is 180 g/mol. The number of hydrogen-bond donors (Lipinski definition) is 0. The van der Waals surface area contributed by atoms with E-state index in [1.165, 1.54) is 7.11 Å². The molecule has 70 valence electrons. The predicted molar refractivity (Wildman–Crippen MR) is 46.7 cm³/mol. The van der Waals surface area contributed by atoms with E-state index >= 15 is 0 Å². The van der Waals surface area contributed by atoms with Crippen LogP contribution in [0.15, 0.2) is 0 Å². The van der Waals surface area contributed by atoms with Gasteiger partial charge in [-0.15, -0.1) is 0 Å². The molecule has 0 bridgehead atoms. The molecule has 13 heavy (non-hydrogen) atoms. The Balaban J connectivity index is 2.18. The van der Waals surface area contributed by atoms with Crippen molar-refractivity contribution >= 4 is 12.3 Å². The maximum absolute atomic E-state index is 10.8. The van der Waals surface area contributed by atoms with Crippen LogP contribution in [0.5, 0.6) is 0 Å². The van der Waals surface area contributed by atoms with Crippen molar-refractivity contribution in [3.05, 3.63) is 0 Å². The Labute approximate surface area is 77.5 Å². The van der Waals surface area contributed by atoms with Gasteiger partial charge in [-0.25, -0.2) is 0 Å². The fourth-order valence-electron chi connectivity index (χ4n) is 1.49. The second kappa shape index (κ2) is 4.66. The van der Waals surface area contributed by atoms with E-state index in [0.717, 1.165) is 12.8 Å².